The lowest BCUT2D eigenvalue weighted by Gasteiger charge is -2.58. The van der Waals surface area contributed by atoms with E-state index in [-0.39, 0.29) is 5.41 Å². The van der Waals surface area contributed by atoms with Crippen molar-refractivity contribution in [3.05, 3.63) is 0 Å². The van der Waals surface area contributed by atoms with E-state index in [1.165, 1.54) is 0 Å². The molecular formula is C11H27N3. The molecule has 0 rings (SSSR count). The Morgan fingerprint density at radius 3 is 0.643 bits per heavy atom. The third kappa shape index (κ3) is 1.95. The zero-order chi connectivity index (χ0) is 12.0. The van der Waals surface area contributed by atoms with E-state index in [0.717, 1.165) is 0 Å². The first-order valence-electron chi connectivity index (χ1n) is 5.12. The predicted octanol–water partition coefficient (Wildman–Crippen LogP) is 1.20. The van der Waals surface area contributed by atoms with Gasteiger partial charge in [-0.25, -0.2) is 0 Å². The number of nitrogens with two attached hydrogens (primary N) is 3. The third-order valence-electron chi connectivity index (χ3n) is 3.87. The first-order chi connectivity index (χ1) is 5.75. The summed E-state index contributed by atoms with van der Waals surface area (Å²) in [5.74, 6) is 0. The van der Waals surface area contributed by atoms with E-state index in [4.69, 9.17) is 17.2 Å². The van der Waals surface area contributed by atoms with Crippen LogP contribution >= 0.6 is 0 Å². The lowest BCUT2D eigenvalue weighted by Crippen LogP contribution is -2.73. The highest BCUT2D eigenvalue weighted by molar-refractivity contribution is 5.14. The van der Waals surface area contributed by atoms with Gasteiger partial charge in [-0.05, 0) is 41.5 Å². The average Bonchev–Trinajstić information content (AvgIpc) is 1.77. The number of hydrogen-bond acceptors (Lipinski definition) is 3. The topological polar surface area (TPSA) is 78.1 Å². The largest absolute Gasteiger partial charge is 0.325 e. The van der Waals surface area contributed by atoms with E-state index in [1.807, 2.05) is 41.5 Å². The van der Waals surface area contributed by atoms with Crippen molar-refractivity contribution in [1.29, 1.82) is 0 Å². The molecule has 86 valence electrons. The smallest absolute Gasteiger partial charge is 0.0198 e. The molecule has 0 aromatic carbocycles. The van der Waals surface area contributed by atoms with Crippen molar-refractivity contribution in [2.24, 2.45) is 22.6 Å². The first-order valence-corrected chi connectivity index (χ1v) is 5.12. The Balaban J connectivity index is 5.54. The fraction of sp³-hybridized carbons (Fsp3) is 1.00. The van der Waals surface area contributed by atoms with Gasteiger partial charge in [0.25, 0.3) is 0 Å². The van der Waals surface area contributed by atoms with Crippen molar-refractivity contribution in [2.45, 2.75) is 65.1 Å². The molecule has 0 aromatic rings. The highest BCUT2D eigenvalue weighted by atomic mass is 14.9. The van der Waals surface area contributed by atoms with Crippen molar-refractivity contribution in [2.75, 3.05) is 0 Å². The summed E-state index contributed by atoms with van der Waals surface area (Å²) in [6, 6.07) is 0. The normalized spacial score (nSPS) is 15.9. The van der Waals surface area contributed by atoms with Crippen molar-refractivity contribution >= 4 is 0 Å². The second kappa shape index (κ2) is 3.19. The van der Waals surface area contributed by atoms with E-state index in [9.17, 15) is 0 Å². The van der Waals surface area contributed by atoms with Gasteiger partial charge in [0.1, 0.15) is 0 Å². The molecule has 0 unspecified atom stereocenters. The van der Waals surface area contributed by atoms with Crippen LogP contribution in [-0.4, -0.2) is 16.6 Å². The molecule has 0 spiro atoms. The molecule has 0 aliphatic heterocycles. The molecule has 0 fully saturated rings. The summed E-state index contributed by atoms with van der Waals surface area (Å²) >= 11 is 0. The van der Waals surface area contributed by atoms with Crippen LogP contribution in [0.15, 0.2) is 0 Å². The first kappa shape index (κ1) is 13.9. The van der Waals surface area contributed by atoms with Gasteiger partial charge in [0.05, 0.1) is 0 Å². The van der Waals surface area contributed by atoms with Crippen molar-refractivity contribution in [3.63, 3.8) is 0 Å². The van der Waals surface area contributed by atoms with Gasteiger partial charge < -0.3 is 17.2 Å². The summed E-state index contributed by atoms with van der Waals surface area (Å²) in [4.78, 5) is 0. The molecule has 0 aliphatic carbocycles. The van der Waals surface area contributed by atoms with E-state index < -0.39 is 16.6 Å². The van der Waals surface area contributed by atoms with Crippen LogP contribution in [0, 0.1) is 5.41 Å². The molecule has 0 bridgehead atoms. The quantitative estimate of drug-likeness (QED) is 0.642. The Morgan fingerprint density at radius 2 is 0.643 bits per heavy atom. The van der Waals surface area contributed by atoms with Crippen LogP contribution in [0.4, 0.5) is 0 Å². The average molecular weight is 201 g/mol. The minimum Gasteiger partial charge on any atom is -0.325 e. The van der Waals surface area contributed by atoms with E-state index >= 15 is 0 Å². The van der Waals surface area contributed by atoms with Gasteiger partial charge >= 0.3 is 0 Å². The Labute approximate surface area is 88.4 Å². The minimum atomic E-state index is -0.427. The summed E-state index contributed by atoms with van der Waals surface area (Å²) in [6.07, 6.45) is 0. The van der Waals surface area contributed by atoms with Gasteiger partial charge in [-0.15, -0.1) is 0 Å². The fourth-order valence-corrected chi connectivity index (χ4v) is 2.49. The zero-order valence-electron chi connectivity index (χ0n) is 10.7. The molecule has 0 radical (unpaired) electrons. The molecule has 0 saturated carbocycles. The summed E-state index contributed by atoms with van der Waals surface area (Å²) in [5, 5.41) is 0. The SMILES string of the molecule is CC(C)(N)C(C)(C(C)(C)N)C(C)(C)N. The van der Waals surface area contributed by atoms with Gasteiger partial charge in [0.15, 0.2) is 0 Å². The standard InChI is InChI=1S/C11H27N3/c1-8(2,12)11(7,9(3,4)13)10(5,6)14/h12-14H2,1-7H3. The second-order valence-corrected chi connectivity index (χ2v) is 6.29. The summed E-state index contributed by atoms with van der Waals surface area (Å²) in [6.45, 7) is 14.0. The molecule has 0 saturated heterocycles. The Bertz CT molecular complexity index is 164. The highest BCUT2D eigenvalue weighted by Crippen LogP contribution is 2.45. The Morgan fingerprint density at radius 1 is 0.500 bits per heavy atom. The Hall–Kier alpha value is -0.120. The lowest BCUT2D eigenvalue weighted by atomic mass is 9.54. The van der Waals surface area contributed by atoms with Gasteiger partial charge in [-0.1, -0.05) is 6.92 Å². The van der Waals surface area contributed by atoms with Gasteiger partial charge in [-0.3, -0.25) is 0 Å². The molecule has 0 amide bonds. The van der Waals surface area contributed by atoms with Crippen molar-refractivity contribution in [1.82, 2.24) is 0 Å². The van der Waals surface area contributed by atoms with Crippen LogP contribution in [0.2, 0.25) is 0 Å². The van der Waals surface area contributed by atoms with E-state index in [2.05, 4.69) is 6.92 Å². The predicted molar refractivity (Wildman–Crippen MR) is 62.9 cm³/mol. The van der Waals surface area contributed by atoms with E-state index in [0.29, 0.717) is 0 Å². The molecule has 3 nitrogen and oxygen atoms in total. The maximum Gasteiger partial charge on any atom is 0.0198 e. The van der Waals surface area contributed by atoms with Gasteiger partial charge in [0, 0.05) is 22.0 Å². The number of rotatable bonds is 3. The zero-order valence-corrected chi connectivity index (χ0v) is 10.7. The van der Waals surface area contributed by atoms with Crippen LogP contribution in [0.1, 0.15) is 48.5 Å². The second-order valence-electron chi connectivity index (χ2n) is 6.29. The van der Waals surface area contributed by atoms with Crippen LogP contribution in [-0.2, 0) is 0 Å². The lowest BCUT2D eigenvalue weighted by molar-refractivity contribution is 0.00809. The maximum atomic E-state index is 6.23. The molecule has 6 N–H and O–H groups in total. The third-order valence-corrected chi connectivity index (χ3v) is 3.87. The van der Waals surface area contributed by atoms with Crippen molar-refractivity contribution in [3.8, 4) is 0 Å². The van der Waals surface area contributed by atoms with E-state index in [1.54, 1.807) is 0 Å². The monoisotopic (exact) mass is 201 g/mol. The number of hydrogen-bond donors (Lipinski definition) is 3. The van der Waals surface area contributed by atoms with Gasteiger partial charge in [0.2, 0.25) is 0 Å². The summed E-state index contributed by atoms with van der Waals surface area (Å²) < 4.78 is 0. The molecule has 0 aliphatic rings. The molecule has 14 heavy (non-hydrogen) atoms. The van der Waals surface area contributed by atoms with Crippen LogP contribution < -0.4 is 17.2 Å². The summed E-state index contributed by atoms with van der Waals surface area (Å²) in [7, 11) is 0. The Kier molecular flexibility index (Phi) is 3.16. The van der Waals surface area contributed by atoms with Gasteiger partial charge in [-0.2, -0.15) is 0 Å². The van der Waals surface area contributed by atoms with Crippen LogP contribution in [0.5, 0.6) is 0 Å². The minimum absolute atomic E-state index is 0.354. The van der Waals surface area contributed by atoms with Crippen LogP contribution in [0.3, 0.4) is 0 Å². The molecule has 0 heterocycles. The molecule has 3 heteroatoms. The summed E-state index contributed by atoms with van der Waals surface area (Å²) in [5.41, 5.74) is 17.0. The maximum absolute atomic E-state index is 6.23. The fourth-order valence-electron chi connectivity index (χ4n) is 2.49. The highest BCUT2D eigenvalue weighted by Gasteiger charge is 2.55. The van der Waals surface area contributed by atoms with Crippen molar-refractivity contribution < 1.29 is 0 Å². The van der Waals surface area contributed by atoms with Crippen LogP contribution in [0.25, 0.3) is 0 Å². The molecule has 0 atom stereocenters. The molecular weight excluding hydrogens is 174 g/mol. The molecule has 0 aromatic heterocycles.